The highest BCUT2D eigenvalue weighted by atomic mass is 16.5. The summed E-state index contributed by atoms with van der Waals surface area (Å²) in [5.41, 5.74) is 1.32. The Hall–Kier alpha value is -3.07. The van der Waals surface area contributed by atoms with Crippen LogP contribution in [0.2, 0.25) is 0 Å². The molecule has 0 amide bonds. The monoisotopic (exact) mass is 288 g/mol. The second kappa shape index (κ2) is 4.74. The largest absolute Gasteiger partial charge is 0.508 e. The molecule has 3 aromatic carbocycles. The van der Waals surface area contributed by atoms with Crippen molar-refractivity contribution >= 4 is 22.6 Å². The molecule has 0 atom stereocenters. The Kier molecular flexibility index (Phi) is 2.73. The lowest BCUT2D eigenvalue weighted by molar-refractivity contribution is 0.101. The zero-order valence-corrected chi connectivity index (χ0v) is 11.6. The summed E-state index contributed by atoms with van der Waals surface area (Å²) in [5.74, 6) is 0.880. The molecule has 1 aliphatic heterocycles. The molecule has 22 heavy (non-hydrogen) atoms. The predicted molar refractivity (Wildman–Crippen MR) is 85.0 cm³/mol. The van der Waals surface area contributed by atoms with Crippen LogP contribution in [-0.2, 0) is 0 Å². The number of carbonyl (C=O) groups is 1. The third kappa shape index (κ3) is 1.95. The molecule has 0 aliphatic carbocycles. The molecule has 0 fully saturated rings. The molecule has 0 unspecified atom stereocenters. The van der Waals surface area contributed by atoms with Gasteiger partial charge in [0, 0.05) is 0 Å². The molecule has 1 N–H and O–H groups in total. The van der Waals surface area contributed by atoms with E-state index in [1.165, 1.54) is 0 Å². The quantitative estimate of drug-likeness (QED) is 0.684. The first-order chi connectivity index (χ1) is 10.7. The van der Waals surface area contributed by atoms with Crippen molar-refractivity contribution in [2.24, 2.45) is 0 Å². The van der Waals surface area contributed by atoms with Crippen LogP contribution in [0, 0.1) is 0 Å². The highest BCUT2D eigenvalue weighted by Crippen LogP contribution is 2.37. The molecule has 0 aromatic heterocycles. The van der Waals surface area contributed by atoms with Crippen LogP contribution in [0.3, 0.4) is 0 Å². The number of hydrogen-bond donors (Lipinski definition) is 1. The lowest BCUT2D eigenvalue weighted by atomic mass is 10.0. The number of allylic oxidation sites excluding steroid dienone is 1. The van der Waals surface area contributed by atoms with E-state index in [4.69, 9.17) is 4.74 Å². The van der Waals surface area contributed by atoms with Gasteiger partial charge in [-0.1, -0.05) is 42.5 Å². The van der Waals surface area contributed by atoms with Crippen molar-refractivity contribution in [3.63, 3.8) is 0 Å². The maximum atomic E-state index is 12.6. The van der Waals surface area contributed by atoms with Gasteiger partial charge in [0.1, 0.15) is 11.5 Å². The van der Waals surface area contributed by atoms with Gasteiger partial charge in [-0.3, -0.25) is 4.79 Å². The van der Waals surface area contributed by atoms with E-state index in [1.807, 2.05) is 42.5 Å². The van der Waals surface area contributed by atoms with Crippen molar-refractivity contribution in [3.8, 4) is 11.5 Å². The van der Waals surface area contributed by atoms with Gasteiger partial charge in [-0.25, -0.2) is 0 Å². The molecule has 0 bridgehead atoms. The number of phenols is 1. The van der Waals surface area contributed by atoms with Gasteiger partial charge < -0.3 is 9.84 Å². The predicted octanol–water partition coefficient (Wildman–Crippen LogP) is 4.16. The van der Waals surface area contributed by atoms with Gasteiger partial charge in [0.2, 0.25) is 5.78 Å². The molecule has 3 heteroatoms. The summed E-state index contributed by atoms with van der Waals surface area (Å²) >= 11 is 0. The smallest absolute Gasteiger partial charge is 0.232 e. The molecular formula is C19H12O3. The molecule has 0 spiro atoms. The van der Waals surface area contributed by atoms with Gasteiger partial charge >= 0.3 is 0 Å². The average molecular weight is 288 g/mol. The van der Waals surface area contributed by atoms with Gasteiger partial charge in [0.15, 0.2) is 5.76 Å². The van der Waals surface area contributed by atoms with Crippen LogP contribution in [0.15, 0.2) is 66.4 Å². The second-order valence-electron chi connectivity index (χ2n) is 5.19. The summed E-state index contributed by atoms with van der Waals surface area (Å²) in [6.07, 6.45) is 1.65. The summed E-state index contributed by atoms with van der Waals surface area (Å²) in [5, 5.41) is 11.4. The number of aromatic hydroxyl groups is 1. The fraction of sp³-hybridized carbons (Fsp3) is 0. The van der Waals surface area contributed by atoms with Gasteiger partial charge in [0.05, 0.1) is 5.56 Å². The third-order valence-electron chi connectivity index (χ3n) is 3.73. The minimum Gasteiger partial charge on any atom is -0.508 e. The maximum Gasteiger partial charge on any atom is 0.232 e. The Balaban J connectivity index is 1.84. The number of ketones is 1. The zero-order chi connectivity index (χ0) is 15.1. The fourth-order valence-corrected chi connectivity index (χ4v) is 2.72. The number of hydrogen-bond acceptors (Lipinski definition) is 3. The number of carbonyl (C=O) groups excluding carboxylic acids is 1. The SMILES string of the molecule is O=C1/C(=C/c2cccc(O)c2)Oc2ccc3ccccc3c21. The first-order valence-corrected chi connectivity index (χ1v) is 6.97. The Morgan fingerprint density at radius 3 is 2.68 bits per heavy atom. The minimum absolute atomic E-state index is 0.129. The number of fused-ring (bicyclic) bond motifs is 3. The van der Waals surface area contributed by atoms with E-state index in [1.54, 1.807) is 24.3 Å². The first-order valence-electron chi connectivity index (χ1n) is 6.97. The Labute approximate surface area is 127 Å². The van der Waals surface area contributed by atoms with E-state index in [2.05, 4.69) is 0 Å². The van der Waals surface area contributed by atoms with Crippen LogP contribution < -0.4 is 4.74 Å². The van der Waals surface area contributed by atoms with Crippen molar-refractivity contribution in [2.75, 3.05) is 0 Å². The van der Waals surface area contributed by atoms with E-state index in [0.29, 0.717) is 11.3 Å². The number of Topliss-reactive ketones (excluding diaryl/α,β-unsaturated/α-hetero) is 1. The van der Waals surface area contributed by atoms with E-state index in [-0.39, 0.29) is 17.3 Å². The molecule has 106 valence electrons. The van der Waals surface area contributed by atoms with E-state index in [9.17, 15) is 9.90 Å². The van der Waals surface area contributed by atoms with Gasteiger partial charge in [0.25, 0.3) is 0 Å². The summed E-state index contributed by atoms with van der Waals surface area (Å²) in [7, 11) is 0. The second-order valence-corrected chi connectivity index (χ2v) is 5.19. The molecular weight excluding hydrogens is 276 g/mol. The molecule has 0 radical (unpaired) electrons. The van der Waals surface area contributed by atoms with Crippen LogP contribution in [0.25, 0.3) is 16.8 Å². The van der Waals surface area contributed by atoms with Crippen LogP contribution in [0.1, 0.15) is 15.9 Å². The maximum absolute atomic E-state index is 12.6. The van der Waals surface area contributed by atoms with Gasteiger partial charge in [-0.2, -0.15) is 0 Å². The molecule has 0 saturated heterocycles. The van der Waals surface area contributed by atoms with E-state index < -0.39 is 0 Å². The topological polar surface area (TPSA) is 46.5 Å². The van der Waals surface area contributed by atoms with E-state index >= 15 is 0 Å². The Bertz CT molecular complexity index is 938. The summed E-state index contributed by atoms with van der Waals surface area (Å²) in [4.78, 5) is 12.6. The number of rotatable bonds is 1. The van der Waals surface area contributed by atoms with Crippen LogP contribution >= 0.6 is 0 Å². The fourth-order valence-electron chi connectivity index (χ4n) is 2.72. The molecule has 4 rings (SSSR count). The lowest BCUT2D eigenvalue weighted by Crippen LogP contribution is -1.98. The standard InChI is InChI=1S/C19H12O3/c20-14-6-3-4-12(10-14)11-17-19(21)18-15-7-2-1-5-13(15)8-9-16(18)22-17/h1-11,20H/b17-11-. The summed E-state index contributed by atoms with van der Waals surface area (Å²) in [6, 6.07) is 18.2. The molecule has 1 heterocycles. The lowest BCUT2D eigenvalue weighted by Gasteiger charge is -2.01. The number of ether oxygens (including phenoxy) is 1. The highest BCUT2D eigenvalue weighted by Gasteiger charge is 2.29. The number of benzene rings is 3. The Morgan fingerprint density at radius 2 is 1.82 bits per heavy atom. The molecule has 1 aliphatic rings. The van der Waals surface area contributed by atoms with E-state index in [0.717, 1.165) is 16.3 Å². The minimum atomic E-state index is -0.129. The van der Waals surface area contributed by atoms with Crippen molar-refractivity contribution in [3.05, 3.63) is 77.5 Å². The van der Waals surface area contributed by atoms with Gasteiger partial charge in [-0.15, -0.1) is 0 Å². The van der Waals surface area contributed by atoms with Crippen molar-refractivity contribution < 1.29 is 14.6 Å². The van der Waals surface area contributed by atoms with Crippen LogP contribution in [0.5, 0.6) is 11.5 Å². The highest BCUT2D eigenvalue weighted by molar-refractivity contribution is 6.21. The van der Waals surface area contributed by atoms with Crippen LogP contribution in [0.4, 0.5) is 0 Å². The summed E-state index contributed by atoms with van der Waals surface area (Å²) in [6.45, 7) is 0. The van der Waals surface area contributed by atoms with Crippen molar-refractivity contribution in [2.45, 2.75) is 0 Å². The number of phenolic OH excluding ortho intramolecular Hbond substituents is 1. The average Bonchev–Trinajstić information content (AvgIpc) is 2.84. The summed E-state index contributed by atoms with van der Waals surface area (Å²) < 4.78 is 5.70. The Morgan fingerprint density at radius 1 is 0.955 bits per heavy atom. The normalized spacial score (nSPS) is 15.1. The first kappa shape index (κ1) is 12.7. The van der Waals surface area contributed by atoms with Crippen molar-refractivity contribution in [1.29, 1.82) is 0 Å². The molecule has 3 nitrogen and oxygen atoms in total. The third-order valence-corrected chi connectivity index (χ3v) is 3.73. The van der Waals surface area contributed by atoms with Crippen molar-refractivity contribution in [1.82, 2.24) is 0 Å². The zero-order valence-electron chi connectivity index (χ0n) is 11.6. The van der Waals surface area contributed by atoms with Crippen LogP contribution in [-0.4, -0.2) is 10.9 Å². The molecule has 3 aromatic rings. The van der Waals surface area contributed by atoms with Gasteiger partial charge in [-0.05, 0) is 40.6 Å². The molecule has 0 saturated carbocycles.